The van der Waals surface area contributed by atoms with Crippen LogP contribution in [0.25, 0.3) is 0 Å². The van der Waals surface area contributed by atoms with Gasteiger partial charge in [-0.15, -0.1) is 0 Å². The lowest BCUT2D eigenvalue weighted by molar-refractivity contribution is -0.141. The molecule has 3 aromatic carbocycles. The first kappa shape index (κ1) is 32.1. The summed E-state index contributed by atoms with van der Waals surface area (Å²) in [6, 6.07) is 21.4. The first-order valence-corrected chi connectivity index (χ1v) is 15.9. The molecule has 3 aromatic rings. The fourth-order valence-corrected chi connectivity index (χ4v) is 5.71. The molecule has 0 aliphatic rings. The fourth-order valence-electron chi connectivity index (χ4n) is 4.53. The lowest BCUT2D eigenvalue weighted by atomic mass is 10.0. The van der Waals surface area contributed by atoms with E-state index in [1.807, 2.05) is 43.3 Å². The maximum Gasteiger partial charge on any atom is 0.243 e. The van der Waals surface area contributed by atoms with Gasteiger partial charge in [-0.05, 0) is 48.2 Å². The summed E-state index contributed by atoms with van der Waals surface area (Å²) in [7, 11) is -3.81. The highest BCUT2D eigenvalue weighted by Gasteiger charge is 2.30. The summed E-state index contributed by atoms with van der Waals surface area (Å²) in [5, 5.41) is 3.48. The molecule has 0 aliphatic carbocycles. The summed E-state index contributed by atoms with van der Waals surface area (Å²) in [6.45, 7) is 2.57. The Bertz CT molecular complexity index is 1410. The molecule has 1 atom stereocenters. The number of nitrogens with zero attached hydrogens (tertiary/aromatic N) is 2. The third kappa shape index (κ3) is 9.86. The fraction of sp³-hybridized carbons (Fsp3) is 0.355. The second-order valence-corrected chi connectivity index (χ2v) is 12.2. The van der Waals surface area contributed by atoms with E-state index >= 15 is 0 Å². The van der Waals surface area contributed by atoms with Crippen molar-refractivity contribution < 1.29 is 22.4 Å². The topological polar surface area (TPSA) is 86.8 Å². The Balaban J connectivity index is 1.88. The van der Waals surface area contributed by atoms with Crippen LogP contribution in [0.2, 0.25) is 5.02 Å². The molecule has 0 aliphatic heterocycles. The Hall–Kier alpha value is -3.43. The summed E-state index contributed by atoms with van der Waals surface area (Å²) in [5.41, 5.74) is 1.58. The molecule has 3 rings (SSSR count). The number of hydrogen-bond acceptors (Lipinski definition) is 4. The zero-order chi connectivity index (χ0) is 29.8. The number of para-hydroxylation sites is 1. The van der Waals surface area contributed by atoms with E-state index in [4.69, 9.17) is 11.6 Å². The molecule has 1 N–H and O–H groups in total. The van der Waals surface area contributed by atoms with E-state index in [0.717, 1.165) is 34.5 Å². The Kier molecular flexibility index (Phi) is 12.2. The molecule has 0 fully saturated rings. The van der Waals surface area contributed by atoms with E-state index in [-0.39, 0.29) is 43.4 Å². The predicted octanol–water partition coefficient (Wildman–Crippen LogP) is 5.58. The number of benzene rings is 3. The zero-order valence-electron chi connectivity index (χ0n) is 23.4. The van der Waals surface area contributed by atoms with Gasteiger partial charge in [-0.25, -0.2) is 12.8 Å². The molecule has 0 aromatic heterocycles. The average molecular weight is 602 g/mol. The highest BCUT2D eigenvalue weighted by atomic mass is 35.5. The van der Waals surface area contributed by atoms with Gasteiger partial charge in [0, 0.05) is 37.5 Å². The Labute approximate surface area is 247 Å². The van der Waals surface area contributed by atoms with Gasteiger partial charge < -0.3 is 10.2 Å². The van der Waals surface area contributed by atoms with Crippen LogP contribution >= 0.6 is 11.6 Å². The maximum absolute atomic E-state index is 14.5. The van der Waals surface area contributed by atoms with Crippen molar-refractivity contribution in [3.05, 3.63) is 101 Å². The number of carbonyl (C=O) groups excluding carboxylic acids is 2. The van der Waals surface area contributed by atoms with Gasteiger partial charge in [-0.2, -0.15) is 0 Å². The maximum atomic E-state index is 14.5. The van der Waals surface area contributed by atoms with E-state index in [1.165, 1.54) is 23.1 Å². The van der Waals surface area contributed by atoms with Crippen molar-refractivity contribution in [3.8, 4) is 0 Å². The highest BCUT2D eigenvalue weighted by molar-refractivity contribution is 7.92. The molecule has 41 heavy (non-hydrogen) atoms. The molecule has 2 amide bonds. The van der Waals surface area contributed by atoms with Crippen LogP contribution in [0.3, 0.4) is 0 Å². The summed E-state index contributed by atoms with van der Waals surface area (Å²) < 4.78 is 40.4. The van der Waals surface area contributed by atoms with Crippen LogP contribution in [0.4, 0.5) is 10.1 Å². The number of hydrogen-bond donors (Lipinski definition) is 1. The number of anilines is 1. The molecule has 0 saturated heterocycles. The Morgan fingerprint density at radius 3 is 2.29 bits per heavy atom. The number of unbranched alkanes of at least 4 members (excludes halogenated alkanes) is 1. The van der Waals surface area contributed by atoms with E-state index in [1.54, 1.807) is 24.3 Å². The van der Waals surface area contributed by atoms with Gasteiger partial charge in [0.15, 0.2) is 0 Å². The van der Waals surface area contributed by atoms with Crippen LogP contribution in [0.1, 0.15) is 43.7 Å². The van der Waals surface area contributed by atoms with Crippen LogP contribution in [0, 0.1) is 5.82 Å². The van der Waals surface area contributed by atoms with E-state index in [0.29, 0.717) is 18.0 Å². The van der Waals surface area contributed by atoms with Gasteiger partial charge in [0.1, 0.15) is 11.9 Å². The van der Waals surface area contributed by atoms with Crippen LogP contribution in [-0.2, 0) is 32.6 Å². The number of halogens is 2. The standard InChI is InChI=1S/C31H37ClFN3O4S/c1-3-4-19-34-31(38)29(22-24-12-6-5-7-13-24)35(23-25-14-10-15-26(32)21-25)30(37)18-11-20-36(41(2,39)40)28-17-9-8-16-27(28)33/h5-10,12-17,21,29H,3-4,11,18-20,22-23H2,1-2H3,(H,34,38)/t29-/m0/s1. The Morgan fingerprint density at radius 2 is 1.63 bits per heavy atom. The summed E-state index contributed by atoms with van der Waals surface area (Å²) in [5.74, 6) is -1.25. The van der Waals surface area contributed by atoms with Gasteiger partial charge in [-0.1, -0.05) is 79.5 Å². The first-order valence-electron chi connectivity index (χ1n) is 13.7. The van der Waals surface area contributed by atoms with Crippen LogP contribution in [0.15, 0.2) is 78.9 Å². The lowest BCUT2D eigenvalue weighted by Gasteiger charge is -2.32. The SMILES string of the molecule is CCCCNC(=O)[C@H](Cc1ccccc1)N(Cc1cccc(Cl)c1)C(=O)CCCN(c1ccccc1F)S(C)(=O)=O. The molecule has 0 saturated carbocycles. The van der Waals surface area contributed by atoms with Crippen LogP contribution in [-0.4, -0.2) is 50.5 Å². The van der Waals surface area contributed by atoms with Crippen LogP contribution in [0.5, 0.6) is 0 Å². The third-order valence-electron chi connectivity index (χ3n) is 6.62. The van der Waals surface area contributed by atoms with Gasteiger partial charge >= 0.3 is 0 Å². The van der Waals surface area contributed by atoms with Gasteiger partial charge in [-0.3, -0.25) is 13.9 Å². The second kappa shape index (κ2) is 15.5. The molecule has 0 heterocycles. The summed E-state index contributed by atoms with van der Waals surface area (Å²) in [4.78, 5) is 28.8. The van der Waals surface area contributed by atoms with Gasteiger partial charge in [0.2, 0.25) is 21.8 Å². The van der Waals surface area contributed by atoms with Gasteiger partial charge in [0.05, 0.1) is 11.9 Å². The molecule has 0 radical (unpaired) electrons. The van der Waals surface area contributed by atoms with Gasteiger partial charge in [0.25, 0.3) is 0 Å². The lowest BCUT2D eigenvalue weighted by Crippen LogP contribution is -2.50. The number of rotatable bonds is 15. The van der Waals surface area contributed by atoms with E-state index < -0.39 is 21.9 Å². The number of nitrogens with one attached hydrogen (secondary N) is 1. The highest BCUT2D eigenvalue weighted by Crippen LogP contribution is 2.23. The average Bonchev–Trinajstić information content (AvgIpc) is 2.93. The van der Waals surface area contributed by atoms with Crippen molar-refractivity contribution in [3.63, 3.8) is 0 Å². The van der Waals surface area contributed by atoms with Crippen molar-refractivity contribution >= 4 is 39.1 Å². The molecular formula is C31H37ClFN3O4S. The minimum atomic E-state index is -3.81. The molecule has 0 unspecified atom stereocenters. The Morgan fingerprint density at radius 1 is 0.951 bits per heavy atom. The summed E-state index contributed by atoms with van der Waals surface area (Å²) in [6.07, 6.45) is 3.10. The molecule has 10 heteroatoms. The van der Waals surface area contributed by atoms with Crippen molar-refractivity contribution in [1.29, 1.82) is 0 Å². The molecule has 0 spiro atoms. The smallest absolute Gasteiger partial charge is 0.243 e. The predicted molar refractivity (Wildman–Crippen MR) is 162 cm³/mol. The number of sulfonamides is 1. The third-order valence-corrected chi connectivity index (χ3v) is 8.03. The van der Waals surface area contributed by atoms with Crippen molar-refractivity contribution in [2.75, 3.05) is 23.7 Å². The van der Waals surface area contributed by atoms with E-state index in [2.05, 4.69) is 5.32 Å². The van der Waals surface area contributed by atoms with Crippen molar-refractivity contribution in [2.45, 2.75) is 51.6 Å². The molecular weight excluding hydrogens is 565 g/mol. The minimum absolute atomic E-state index is 0.0471. The van der Waals surface area contributed by atoms with Crippen molar-refractivity contribution in [2.24, 2.45) is 0 Å². The zero-order valence-corrected chi connectivity index (χ0v) is 25.0. The van der Waals surface area contributed by atoms with Crippen molar-refractivity contribution in [1.82, 2.24) is 10.2 Å². The monoisotopic (exact) mass is 601 g/mol. The molecule has 220 valence electrons. The number of carbonyl (C=O) groups is 2. The molecule has 0 bridgehead atoms. The quantitative estimate of drug-likeness (QED) is 0.230. The largest absolute Gasteiger partial charge is 0.354 e. The minimum Gasteiger partial charge on any atom is -0.354 e. The summed E-state index contributed by atoms with van der Waals surface area (Å²) >= 11 is 6.22. The van der Waals surface area contributed by atoms with Crippen LogP contribution < -0.4 is 9.62 Å². The first-order chi connectivity index (χ1) is 19.6. The second-order valence-electron chi connectivity index (χ2n) is 9.89. The number of amides is 2. The molecule has 7 nitrogen and oxygen atoms in total. The normalized spacial score (nSPS) is 12.0. The van der Waals surface area contributed by atoms with E-state index in [9.17, 15) is 22.4 Å².